The molecule has 0 saturated carbocycles. The Morgan fingerprint density at radius 3 is 2.76 bits per heavy atom. The molecule has 0 aromatic carbocycles. The second kappa shape index (κ2) is 4.11. The minimum atomic E-state index is 0.492. The molecule has 3 rings (SSSR count). The summed E-state index contributed by atoms with van der Waals surface area (Å²) in [5.41, 5.74) is 1.26. The van der Waals surface area contributed by atoms with Gasteiger partial charge < -0.3 is 5.32 Å². The predicted molar refractivity (Wildman–Crippen MR) is 72.7 cm³/mol. The van der Waals surface area contributed by atoms with Crippen LogP contribution in [0, 0.1) is 13.8 Å². The summed E-state index contributed by atoms with van der Waals surface area (Å²) in [4.78, 5) is 10.1. The van der Waals surface area contributed by atoms with Crippen molar-refractivity contribution in [2.75, 3.05) is 5.32 Å². The zero-order chi connectivity index (χ0) is 11.8. The van der Waals surface area contributed by atoms with Crippen LogP contribution in [0.4, 0.5) is 5.82 Å². The van der Waals surface area contributed by atoms with Gasteiger partial charge in [0.1, 0.15) is 16.5 Å². The Bertz CT molecular complexity index is 578. The van der Waals surface area contributed by atoms with E-state index in [4.69, 9.17) is 0 Å². The van der Waals surface area contributed by atoms with Crippen LogP contribution in [0.1, 0.15) is 24.2 Å². The van der Waals surface area contributed by atoms with Crippen molar-refractivity contribution < 1.29 is 0 Å². The average molecular weight is 245 g/mol. The van der Waals surface area contributed by atoms with Gasteiger partial charge in [0, 0.05) is 6.04 Å². The second-order valence-electron chi connectivity index (χ2n) is 4.50. The van der Waals surface area contributed by atoms with E-state index in [2.05, 4.69) is 39.7 Å². The molecule has 1 N–H and O–H groups in total. The molecule has 1 aliphatic carbocycles. The third-order valence-corrected chi connectivity index (χ3v) is 4.07. The molecule has 2 aromatic rings. The standard InChI is InChI=1S/C13H15N3S/c1-8-7-17-13-11(8)12(14-9(2)15-13)16-10-5-3-4-6-10/h3-4,7,10H,5-6H2,1-2H3,(H,14,15,16). The van der Waals surface area contributed by atoms with E-state index in [-0.39, 0.29) is 0 Å². The molecule has 0 amide bonds. The van der Waals surface area contributed by atoms with Gasteiger partial charge in [-0.15, -0.1) is 11.3 Å². The highest BCUT2D eigenvalue weighted by Crippen LogP contribution is 2.30. The van der Waals surface area contributed by atoms with Crippen molar-refractivity contribution in [3.63, 3.8) is 0 Å². The molecule has 0 spiro atoms. The van der Waals surface area contributed by atoms with Crippen molar-refractivity contribution >= 4 is 27.4 Å². The Hall–Kier alpha value is -1.42. The zero-order valence-electron chi connectivity index (χ0n) is 10.0. The van der Waals surface area contributed by atoms with E-state index >= 15 is 0 Å². The largest absolute Gasteiger partial charge is 0.366 e. The fraction of sp³-hybridized carbons (Fsp3) is 0.385. The summed E-state index contributed by atoms with van der Waals surface area (Å²) < 4.78 is 0. The molecule has 0 saturated heterocycles. The summed E-state index contributed by atoms with van der Waals surface area (Å²) in [6.45, 7) is 4.07. The molecule has 0 atom stereocenters. The third kappa shape index (κ3) is 1.93. The number of nitrogens with zero attached hydrogens (tertiary/aromatic N) is 2. The van der Waals surface area contributed by atoms with E-state index in [0.29, 0.717) is 6.04 Å². The van der Waals surface area contributed by atoms with Crippen LogP contribution in [-0.4, -0.2) is 16.0 Å². The lowest BCUT2D eigenvalue weighted by molar-refractivity contribution is 0.780. The van der Waals surface area contributed by atoms with Gasteiger partial charge in [0.15, 0.2) is 0 Å². The van der Waals surface area contributed by atoms with Gasteiger partial charge >= 0.3 is 0 Å². The Morgan fingerprint density at radius 1 is 1.24 bits per heavy atom. The maximum atomic E-state index is 4.55. The Balaban J connectivity index is 2.04. The highest BCUT2D eigenvalue weighted by molar-refractivity contribution is 7.17. The number of fused-ring (bicyclic) bond motifs is 1. The fourth-order valence-corrected chi connectivity index (χ4v) is 3.19. The van der Waals surface area contributed by atoms with E-state index in [0.717, 1.165) is 29.3 Å². The van der Waals surface area contributed by atoms with Gasteiger partial charge in [0.25, 0.3) is 0 Å². The van der Waals surface area contributed by atoms with Crippen LogP contribution in [-0.2, 0) is 0 Å². The number of hydrogen-bond donors (Lipinski definition) is 1. The molecule has 2 aromatic heterocycles. The molecule has 17 heavy (non-hydrogen) atoms. The first-order valence-electron chi connectivity index (χ1n) is 5.88. The first-order valence-corrected chi connectivity index (χ1v) is 6.76. The summed E-state index contributed by atoms with van der Waals surface area (Å²) in [6.07, 6.45) is 6.63. The quantitative estimate of drug-likeness (QED) is 0.824. The molecule has 0 bridgehead atoms. The van der Waals surface area contributed by atoms with E-state index < -0.39 is 0 Å². The van der Waals surface area contributed by atoms with Gasteiger partial charge in [0.05, 0.1) is 5.39 Å². The normalized spacial score (nSPS) is 15.9. The lowest BCUT2D eigenvalue weighted by atomic mass is 10.2. The maximum absolute atomic E-state index is 4.55. The maximum Gasteiger partial charge on any atom is 0.139 e. The number of aromatic nitrogens is 2. The summed E-state index contributed by atoms with van der Waals surface area (Å²) in [7, 11) is 0. The van der Waals surface area contributed by atoms with Crippen LogP contribution in [0.3, 0.4) is 0 Å². The van der Waals surface area contributed by atoms with Crippen LogP contribution < -0.4 is 5.32 Å². The van der Waals surface area contributed by atoms with Crippen LogP contribution in [0.15, 0.2) is 17.5 Å². The van der Waals surface area contributed by atoms with Crippen molar-refractivity contribution in [1.29, 1.82) is 0 Å². The SMILES string of the molecule is Cc1nc(NC2CC=CC2)c2c(C)csc2n1. The number of hydrogen-bond acceptors (Lipinski definition) is 4. The summed E-state index contributed by atoms with van der Waals surface area (Å²) in [5, 5.41) is 6.88. The van der Waals surface area contributed by atoms with Gasteiger partial charge in [-0.2, -0.15) is 0 Å². The molecular weight excluding hydrogens is 230 g/mol. The van der Waals surface area contributed by atoms with Crippen molar-refractivity contribution in [2.24, 2.45) is 0 Å². The summed E-state index contributed by atoms with van der Waals surface area (Å²) >= 11 is 1.69. The van der Waals surface area contributed by atoms with Crippen molar-refractivity contribution in [3.05, 3.63) is 28.9 Å². The molecule has 88 valence electrons. The van der Waals surface area contributed by atoms with Gasteiger partial charge in [-0.3, -0.25) is 0 Å². The predicted octanol–water partition coefficient (Wildman–Crippen LogP) is 3.44. The third-order valence-electron chi connectivity index (χ3n) is 3.08. The lowest BCUT2D eigenvalue weighted by Crippen LogP contribution is -2.16. The van der Waals surface area contributed by atoms with Gasteiger partial charge in [-0.25, -0.2) is 9.97 Å². The van der Waals surface area contributed by atoms with E-state index in [9.17, 15) is 0 Å². The minimum absolute atomic E-state index is 0.492. The number of anilines is 1. The molecule has 2 heterocycles. The highest BCUT2D eigenvalue weighted by atomic mass is 32.1. The second-order valence-corrected chi connectivity index (χ2v) is 5.36. The molecule has 0 aliphatic heterocycles. The number of aryl methyl sites for hydroxylation is 2. The van der Waals surface area contributed by atoms with Gasteiger partial charge in [-0.1, -0.05) is 12.2 Å². The van der Waals surface area contributed by atoms with E-state index in [1.165, 1.54) is 10.9 Å². The van der Waals surface area contributed by atoms with Crippen LogP contribution >= 0.6 is 11.3 Å². The molecule has 0 fully saturated rings. The Morgan fingerprint density at radius 2 is 2.00 bits per heavy atom. The summed E-state index contributed by atoms with van der Waals surface area (Å²) in [5.74, 6) is 1.84. The molecule has 1 aliphatic rings. The molecule has 0 radical (unpaired) electrons. The first kappa shape index (κ1) is 10.7. The lowest BCUT2D eigenvalue weighted by Gasteiger charge is -2.14. The van der Waals surface area contributed by atoms with Crippen LogP contribution in [0.5, 0.6) is 0 Å². The number of rotatable bonds is 2. The van der Waals surface area contributed by atoms with E-state index in [1.54, 1.807) is 11.3 Å². The zero-order valence-corrected chi connectivity index (χ0v) is 10.8. The van der Waals surface area contributed by atoms with Crippen molar-refractivity contribution in [2.45, 2.75) is 32.7 Å². The van der Waals surface area contributed by atoms with Crippen molar-refractivity contribution in [1.82, 2.24) is 9.97 Å². The average Bonchev–Trinajstić information content (AvgIpc) is 2.89. The number of nitrogens with one attached hydrogen (secondary N) is 1. The van der Waals surface area contributed by atoms with E-state index in [1.807, 2.05) is 6.92 Å². The molecule has 0 unspecified atom stereocenters. The highest BCUT2D eigenvalue weighted by Gasteiger charge is 2.15. The van der Waals surface area contributed by atoms with Crippen molar-refractivity contribution in [3.8, 4) is 0 Å². The minimum Gasteiger partial charge on any atom is -0.366 e. The van der Waals surface area contributed by atoms with Crippen LogP contribution in [0.25, 0.3) is 10.2 Å². The first-order chi connectivity index (χ1) is 8.24. The topological polar surface area (TPSA) is 37.8 Å². The summed E-state index contributed by atoms with van der Waals surface area (Å²) in [6, 6.07) is 0.492. The fourth-order valence-electron chi connectivity index (χ4n) is 2.22. The van der Waals surface area contributed by atoms with Gasteiger partial charge in [0.2, 0.25) is 0 Å². The Labute approximate surface area is 105 Å². The smallest absolute Gasteiger partial charge is 0.139 e. The Kier molecular flexibility index (Phi) is 2.59. The van der Waals surface area contributed by atoms with Crippen LogP contribution in [0.2, 0.25) is 0 Å². The number of thiophene rings is 1. The molecule has 4 heteroatoms. The van der Waals surface area contributed by atoms with Gasteiger partial charge in [-0.05, 0) is 37.6 Å². The molecular formula is C13H15N3S. The molecule has 3 nitrogen and oxygen atoms in total. The monoisotopic (exact) mass is 245 g/mol.